The second-order valence-electron chi connectivity index (χ2n) is 11.5. The van der Waals surface area contributed by atoms with E-state index in [4.69, 9.17) is 20.8 Å². The standard InChI is InChI=1S/C32H36ClNO5/c1-2-27(38-22-14-15-24-23-7-3-4-8-25(23)31(36)39-28(24)19-22)30(35)34-18-17-32(37)16-6-5-9-26(32)29(34)20-10-12-21(33)13-11-20/h10-15,19,26-27,29,37H,2-9,16-18H2,1H3/t26-,27+,29-,32-/m1/s1. The van der Waals surface area contributed by atoms with Gasteiger partial charge in [0.05, 0.1) is 11.6 Å². The maximum absolute atomic E-state index is 14.1. The Morgan fingerprint density at radius 2 is 1.87 bits per heavy atom. The number of carbonyl (C=O) groups excluding carboxylic acids is 1. The normalized spacial score (nSPS) is 25.6. The fourth-order valence-corrected chi connectivity index (χ4v) is 7.28. The number of rotatable bonds is 5. The first kappa shape index (κ1) is 26.4. The van der Waals surface area contributed by atoms with Crippen molar-refractivity contribution in [2.45, 2.75) is 88.9 Å². The second kappa shape index (κ2) is 10.6. The molecule has 0 spiro atoms. The zero-order chi connectivity index (χ0) is 27.1. The Balaban J connectivity index is 1.30. The molecule has 2 heterocycles. The maximum Gasteiger partial charge on any atom is 0.339 e. The van der Waals surface area contributed by atoms with Crippen LogP contribution in [-0.4, -0.2) is 34.2 Å². The molecule has 1 aromatic heterocycles. The van der Waals surface area contributed by atoms with Crippen LogP contribution in [0.2, 0.25) is 5.02 Å². The van der Waals surface area contributed by atoms with Gasteiger partial charge in [-0.2, -0.15) is 0 Å². The molecule has 0 radical (unpaired) electrons. The quantitative estimate of drug-likeness (QED) is 0.374. The molecule has 3 aliphatic rings. The van der Waals surface area contributed by atoms with E-state index < -0.39 is 11.7 Å². The van der Waals surface area contributed by atoms with E-state index in [1.807, 2.05) is 48.2 Å². The molecule has 1 saturated carbocycles. The Labute approximate surface area is 233 Å². The number of piperidine rings is 1. The molecule has 4 atom stereocenters. The van der Waals surface area contributed by atoms with E-state index >= 15 is 0 Å². The van der Waals surface area contributed by atoms with Crippen LogP contribution >= 0.6 is 11.6 Å². The van der Waals surface area contributed by atoms with Crippen LogP contribution in [0.25, 0.3) is 11.0 Å². The third kappa shape index (κ3) is 4.87. The third-order valence-electron chi connectivity index (χ3n) is 9.18. The van der Waals surface area contributed by atoms with Crippen molar-refractivity contribution in [1.29, 1.82) is 0 Å². The van der Waals surface area contributed by atoms with Gasteiger partial charge in [0.1, 0.15) is 11.3 Å². The van der Waals surface area contributed by atoms with Crippen molar-refractivity contribution in [2.75, 3.05) is 6.54 Å². The van der Waals surface area contributed by atoms with Crippen molar-refractivity contribution in [3.05, 3.63) is 74.6 Å². The molecule has 0 bridgehead atoms. The van der Waals surface area contributed by atoms with Crippen LogP contribution in [0.1, 0.15) is 81.0 Å². The monoisotopic (exact) mass is 549 g/mol. The highest BCUT2D eigenvalue weighted by atomic mass is 35.5. The van der Waals surface area contributed by atoms with Crippen molar-refractivity contribution < 1.29 is 19.1 Å². The number of aliphatic hydroxyl groups is 1. The number of halogens is 1. The lowest BCUT2D eigenvalue weighted by Crippen LogP contribution is -2.58. The Bertz CT molecular complexity index is 1430. The van der Waals surface area contributed by atoms with Gasteiger partial charge in [0.2, 0.25) is 0 Å². The largest absolute Gasteiger partial charge is 0.480 e. The Morgan fingerprint density at radius 1 is 1.10 bits per heavy atom. The lowest BCUT2D eigenvalue weighted by molar-refractivity contribution is -0.161. The molecule has 1 saturated heterocycles. The van der Waals surface area contributed by atoms with Gasteiger partial charge in [-0.3, -0.25) is 4.79 Å². The third-order valence-corrected chi connectivity index (χ3v) is 9.43. The number of carbonyl (C=O) groups is 1. The molecule has 3 aromatic rings. The minimum absolute atomic E-state index is 0.0382. The first-order valence-electron chi connectivity index (χ1n) is 14.4. The summed E-state index contributed by atoms with van der Waals surface area (Å²) in [6, 6.07) is 13.0. The van der Waals surface area contributed by atoms with Gasteiger partial charge in [0.25, 0.3) is 5.91 Å². The molecule has 206 valence electrons. The van der Waals surface area contributed by atoms with Crippen LogP contribution in [0.15, 0.2) is 51.7 Å². The molecule has 6 rings (SSSR count). The Hall–Kier alpha value is -2.83. The number of fused-ring (bicyclic) bond motifs is 4. The van der Waals surface area contributed by atoms with Crippen LogP contribution in [-0.2, 0) is 17.6 Å². The topological polar surface area (TPSA) is 80.0 Å². The molecule has 1 N–H and O–H groups in total. The number of aryl methyl sites for hydroxylation is 1. The van der Waals surface area contributed by atoms with Gasteiger partial charge in [-0.05, 0) is 86.8 Å². The van der Waals surface area contributed by atoms with Gasteiger partial charge in [-0.25, -0.2) is 4.79 Å². The van der Waals surface area contributed by atoms with E-state index in [1.54, 1.807) is 6.07 Å². The lowest BCUT2D eigenvalue weighted by atomic mass is 9.66. The fraction of sp³-hybridized carbons (Fsp3) is 0.500. The number of hydrogen-bond donors (Lipinski definition) is 1. The number of ether oxygens (including phenoxy) is 1. The number of benzene rings is 2. The molecule has 1 amide bonds. The number of likely N-dealkylation sites (tertiary alicyclic amines) is 1. The van der Waals surface area contributed by atoms with Crippen LogP contribution in [0.5, 0.6) is 5.75 Å². The van der Waals surface area contributed by atoms with E-state index in [2.05, 4.69) is 0 Å². The van der Waals surface area contributed by atoms with E-state index in [1.165, 1.54) is 0 Å². The van der Waals surface area contributed by atoms with Gasteiger partial charge >= 0.3 is 5.63 Å². The summed E-state index contributed by atoms with van der Waals surface area (Å²) in [4.78, 5) is 28.6. The highest BCUT2D eigenvalue weighted by Gasteiger charge is 2.51. The zero-order valence-electron chi connectivity index (χ0n) is 22.5. The minimum atomic E-state index is -0.767. The molecule has 39 heavy (non-hydrogen) atoms. The lowest BCUT2D eigenvalue weighted by Gasteiger charge is -2.53. The van der Waals surface area contributed by atoms with Gasteiger partial charge in [-0.1, -0.05) is 43.5 Å². The highest BCUT2D eigenvalue weighted by molar-refractivity contribution is 6.30. The number of nitrogens with zero attached hydrogens (tertiary/aromatic N) is 1. The van der Waals surface area contributed by atoms with Crippen LogP contribution < -0.4 is 10.4 Å². The summed E-state index contributed by atoms with van der Waals surface area (Å²) in [6.45, 7) is 2.41. The molecule has 2 aromatic carbocycles. The zero-order valence-corrected chi connectivity index (χ0v) is 23.2. The van der Waals surface area contributed by atoms with Crippen LogP contribution in [0.4, 0.5) is 0 Å². The predicted octanol–water partition coefficient (Wildman–Crippen LogP) is 6.38. The van der Waals surface area contributed by atoms with Crippen molar-refractivity contribution in [3.8, 4) is 5.75 Å². The molecule has 2 aliphatic carbocycles. The molecule has 1 aliphatic heterocycles. The molecule has 0 unspecified atom stereocenters. The molecule has 6 nitrogen and oxygen atoms in total. The van der Waals surface area contributed by atoms with Crippen molar-refractivity contribution in [2.24, 2.45) is 5.92 Å². The summed E-state index contributed by atoms with van der Waals surface area (Å²) in [7, 11) is 0. The van der Waals surface area contributed by atoms with Gasteiger partial charge < -0.3 is 19.2 Å². The van der Waals surface area contributed by atoms with Crippen LogP contribution in [0.3, 0.4) is 0 Å². The van der Waals surface area contributed by atoms with Gasteiger partial charge in [0.15, 0.2) is 6.10 Å². The van der Waals surface area contributed by atoms with Gasteiger partial charge in [0, 0.05) is 34.5 Å². The fourth-order valence-electron chi connectivity index (χ4n) is 7.16. The maximum atomic E-state index is 14.1. The van der Waals surface area contributed by atoms with Crippen molar-refractivity contribution in [3.63, 3.8) is 0 Å². The predicted molar refractivity (Wildman–Crippen MR) is 151 cm³/mol. The highest BCUT2D eigenvalue weighted by Crippen LogP contribution is 2.49. The van der Waals surface area contributed by atoms with Gasteiger partial charge in [-0.15, -0.1) is 0 Å². The molecular formula is C32H36ClNO5. The van der Waals surface area contributed by atoms with Crippen molar-refractivity contribution >= 4 is 28.5 Å². The average molecular weight is 550 g/mol. The first-order chi connectivity index (χ1) is 18.9. The van der Waals surface area contributed by atoms with E-state index in [0.717, 1.165) is 73.4 Å². The molecular weight excluding hydrogens is 514 g/mol. The average Bonchev–Trinajstić information content (AvgIpc) is 2.95. The van der Waals surface area contributed by atoms with Crippen LogP contribution in [0, 0.1) is 5.92 Å². The summed E-state index contributed by atoms with van der Waals surface area (Å²) in [5, 5.41) is 13.2. The Morgan fingerprint density at radius 3 is 2.64 bits per heavy atom. The van der Waals surface area contributed by atoms with E-state index in [9.17, 15) is 14.7 Å². The summed E-state index contributed by atoms with van der Waals surface area (Å²) < 4.78 is 12.0. The van der Waals surface area contributed by atoms with Crippen molar-refractivity contribution in [1.82, 2.24) is 4.90 Å². The number of amides is 1. The smallest absolute Gasteiger partial charge is 0.339 e. The Kier molecular flexibility index (Phi) is 7.19. The number of hydrogen-bond acceptors (Lipinski definition) is 5. The summed E-state index contributed by atoms with van der Waals surface area (Å²) in [5.74, 6) is 0.386. The SMILES string of the molecule is CC[C@H](Oc1ccc2c3c(c(=O)oc2c1)CCCC3)C(=O)N1CC[C@]2(O)CCCC[C@@H]2[C@H]1c1ccc(Cl)cc1. The summed E-state index contributed by atoms with van der Waals surface area (Å²) in [5.41, 5.74) is 2.34. The van der Waals surface area contributed by atoms with E-state index in [0.29, 0.717) is 35.7 Å². The molecule has 2 fully saturated rings. The summed E-state index contributed by atoms with van der Waals surface area (Å²) in [6.07, 6.45) is 7.77. The summed E-state index contributed by atoms with van der Waals surface area (Å²) >= 11 is 6.19. The minimum Gasteiger partial charge on any atom is -0.480 e. The second-order valence-corrected chi connectivity index (χ2v) is 11.9. The first-order valence-corrected chi connectivity index (χ1v) is 14.8. The van der Waals surface area contributed by atoms with E-state index in [-0.39, 0.29) is 23.5 Å². The molecule has 7 heteroatoms.